The minimum atomic E-state index is -0.228. The number of hydrogen-bond donors (Lipinski definition) is 0. The second-order valence-corrected chi connectivity index (χ2v) is 11.4. The first-order valence-electron chi connectivity index (χ1n) is 13.5. The standard InChI is InChI=1S/C34H29N3O2S/c1-21-18-25(22(2)36(21)26-12-5-4-6-13-26)20-30-33(38)37-32(24-11-9-14-27(19-24)39-3)29-17-16-23-10-7-8-15-28(23)31(29)35-34(37)40-30/h4-15,18-20,32H,16-17H2,1-3H3/b30-20-/t32-/m1/s1. The van der Waals surface area contributed by atoms with Crippen molar-refractivity contribution < 1.29 is 4.74 Å². The molecule has 40 heavy (non-hydrogen) atoms. The first kappa shape index (κ1) is 24.6. The van der Waals surface area contributed by atoms with Crippen LogP contribution in [0.15, 0.2) is 100 Å². The van der Waals surface area contributed by atoms with Gasteiger partial charge in [-0.1, -0.05) is 65.9 Å². The van der Waals surface area contributed by atoms with Crippen molar-refractivity contribution in [3.8, 4) is 11.4 Å². The monoisotopic (exact) mass is 543 g/mol. The van der Waals surface area contributed by atoms with Crippen molar-refractivity contribution in [3.05, 3.63) is 144 Å². The number of aryl methyl sites for hydroxylation is 2. The van der Waals surface area contributed by atoms with Crippen LogP contribution in [0.3, 0.4) is 0 Å². The molecule has 0 amide bonds. The van der Waals surface area contributed by atoms with Gasteiger partial charge in [0.15, 0.2) is 4.80 Å². The zero-order valence-electron chi connectivity index (χ0n) is 22.7. The molecule has 0 spiro atoms. The highest BCUT2D eigenvalue weighted by molar-refractivity contribution is 7.07. The minimum absolute atomic E-state index is 0.00788. The van der Waals surface area contributed by atoms with E-state index >= 15 is 0 Å². The normalized spacial score (nSPS) is 16.3. The molecule has 0 fully saturated rings. The molecule has 0 saturated carbocycles. The molecule has 1 atom stereocenters. The third kappa shape index (κ3) is 3.90. The summed E-state index contributed by atoms with van der Waals surface area (Å²) in [5, 5.41) is 0. The van der Waals surface area contributed by atoms with E-state index in [-0.39, 0.29) is 11.6 Å². The zero-order valence-corrected chi connectivity index (χ0v) is 23.5. The smallest absolute Gasteiger partial charge is 0.271 e. The molecule has 5 aromatic rings. The average Bonchev–Trinajstić information content (AvgIpc) is 3.45. The Hall–Kier alpha value is -4.42. The van der Waals surface area contributed by atoms with E-state index in [4.69, 9.17) is 9.73 Å². The van der Waals surface area contributed by atoms with Crippen LogP contribution in [0.4, 0.5) is 0 Å². The summed E-state index contributed by atoms with van der Waals surface area (Å²) in [7, 11) is 1.68. The van der Waals surface area contributed by atoms with Gasteiger partial charge in [-0.05, 0) is 85.4 Å². The molecule has 198 valence electrons. The number of hydrogen-bond acceptors (Lipinski definition) is 4. The maximum absolute atomic E-state index is 14.2. The Kier molecular flexibility index (Phi) is 5.93. The van der Waals surface area contributed by atoms with Gasteiger partial charge in [0, 0.05) is 22.6 Å². The van der Waals surface area contributed by atoms with Gasteiger partial charge in [-0.15, -0.1) is 0 Å². The number of allylic oxidation sites excluding steroid dienone is 1. The van der Waals surface area contributed by atoms with E-state index < -0.39 is 0 Å². The first-order chi connectivity index (χ1) is 19.5. The summed E-state index contributed by atoms with van der Waals surface area (Å²) in [4.78, 5) is 20.1. The van der Waals surface area contributed by atoms with Crippen molar-refractivity contribution >= 4 is 23.1 Å². The van der Waals surface area contributed by atoms with Crippen LogP contribution in [0.25, 0.3) is 17.5 Å². The Bertz CT molecular complexity index is 1990. The number of aromatic nitrogens is 2. The maximum Gasteiger partial charge on any atom is 0.271 e. The summed E-state index contributed by atoms with van der Waals surface area (Å²) in [5.41, 5.74) is 10.1. The topological polar surface area (TPSA) is 48.5 Å². The van der Waals surface area contributed by atoms with Crippen molar-refractivity contribution in [3.63, 3.8) is 0 Å². The molecule has 0 radical (unpaired) electrons. The number of rotatable bonds is 4. The summed E-state index contributed by atoms with van der Waals surface area (Å²) >= 11 is 1.47. The van der Waals surface area contributed by atoms with Gasteiger partial charge in [-0.2, -0.15) is 0 Å². The summed E-state index contributed by atoms with van der Waals surface area (Å²) in [6, 6.07) is 28.8. The molecule has 0 bridgehead atoms. The molecule has 3 heterocycles. The van der Waals surface area contributed by atoms with Crippen LogP contribution in [0, 0.1) is 13.8 Å². The highest BCUT2D eigenvalue weighted by Crippen LogP contribution is 2.41. The SMILES string of the molecule is COc1cccc([C@@H]2C3=C(N=c4s/c(=C\c5cc(C)n(-c6ccccc6)c5C)c(=O)n42)c2ccccc2CC3)c1. The quantitative estimate of drug-likeness (QED) is 0.291. The van der Waals surface area contributed by atoms with Gasteiger partial charge in [-0.25, -0.2) is 4.99 Å². The fourth-order valence-electron chi connectivity index (χ4n) is 6.18. The third-order valence-corrected chi connectivity index (χ3v) is 9.04. The Morgan fingerprint density at radius 1 is 0.950 bits per heavy atom. The lowest BCUT2D eigenvalue weighted by Gasteiger charge is -2.31. The van der Waals surface area contributed by atoms with Gasteiger partial charge in [0.25, 0.3) is 5.56 Å². The predicted octanol–water partition coefficient (Wildman–Crippen LogP) is 5.73. The van der Waals surface area contributed by atoms with Crippen LogP contribution in [0.5, 0.6) is 5.75 Å². The number of thiazole rings is 1. The highest BCUT2D eigenvalue weighted by Gasteiger charge is 2.32. The van der Waals surface area contributed by atoms with Crippen LogP contribution in [-0.4, -0.2) is 16.2 Å². The molecule has 0 saturated heterocycles. The van der Waals surface area contributed by atoms with E-state index in [9.17, 15) is 4.79 Å². The van der Waals surface area contributed by atoms with Crippen molar-refractivity contribution in [2.24, 2.45) is 4.99 Å². The summed E-state index contributed by atoms with van der Waals surface area (Å²) in [6.45, 7) is 4.21. The zero-order chi connectivity index (χ0) is 27.4. The van der Waals surface area contributed by atoms with E-state index in [0.717, 1.165) is 57.3 Å². The van der Waals surface area contributed by atoms with Crippen molar-refractivity contribution in [2.45, 2.75) is 32.7 Å². The van der Waals surface area contributed by atoms with Gasteiger partial charge in [0.05, 0.1) is 23.4 Å². The lowest BCUT2D eigenvalue weighted by Crippen LogP contribution is -2.38. The lowest BCUT2D eigenvalue weighted by molar-refractivity contribution is 0.413. The first-order valence-corrected chi connectivity index (χ1v) is 14.4. The molecular weight excluding hydrogens is 514 g/mol. The average molecular weight is 544 g/mol. The summed E-state index contributed by atoms with van der Waals surface area (Å²) < 4.78 is 10.4. The van der Waals surface area contributed by atoms with Crippen LogP contribution in [0.1, 0.15) is 46.1 Å². The van der Waals surface area contributed by atoms with E-state index in [0.29, 0.717) is 4.53 Å². The Morgan fingerprint density at radius 2 is 1.75 bits per heavy atom. The van der Waals surface area contributed by atoms with Crippen LogP contribution >= 0.6 is 11.3 Å². The van der Waals surface area contributed by atoms with Crippen molar-refractivity contribution in [1.82, 2.24) is 9.13 Å². The van der Waals surface area contributed by atoms with Gasteiger partial charge in [0.1, 0.15) is 5.75 Å². The number of methoxy groups -OCH3 is 1. The molecular formula is C34H29N3O2S. The molecule has 1 aliphatic heterocycles. The molecule has 0 unspecified atom stereocenters. The van der Waals surface area contributed by atoms with Gasteiger partial charge >= 0.3 is 0 Å². The van der Waals surface area contributed by atoms with Crippen LogP contribution in [0.2, 0.25) is 0 Å². The van der Waals surface area contributed by atoms with Crippen LogP contribution < -0.4 is 19.6 Å². The molecule has 1 aliphatic carbocycles. The Morgan fingerprint density at radius 3 is 2.58 bits per heavy atom. The van der Waals surface area contributed by atoms with E-state index in [1.165, 1.54) is 28.0 Å². The van der Waals surface area contributed by atoms with E-state index in [1.54, 1.807) is 7.11 Å². The van der Waals surface area contributed by atoms with E-state index in [2.05, 4.69) is 66.9 Å². The summed E-state index contributed by atoms with van der Waals surface area (Å²) in [5.74, 6) is 0.781. The number of ether oxygens (including phenoxy) is 1. The van der Waals surface area contributed by atoms with Crippen LogP contribution in [-0.2, 0) is 6.42 Å². The third-order valence-electron chi connectivity index (χ3n) is 8.05. The summed E-state index contributed by atoms with van der Waals surface area (Å²) in [6.07, 6.45) is 3.82. The fourth-order valence-corrected chi connectivity index (χ4v) is 7.18. The second-order valence-electron chi connectivity index (χ2n) is 10.4. The molecule has 3 aromatic carbocycles. The highest BCUT2D eigenvalue weighted by atomic mass is 32.1. The molecule has 2 aromatic heterocycles. The maximum atomic E-state index is 14.2. The number of fused-ring (bicyclic) bond motifs is 3. The van der Waals surface area contributed by atoms with Crippen molar-refractivity contribution in [1.29, 1.82) is 0 Å². The Labute approximate surface area is 236 Å². The van der Waals surface area contributed by atoms with Crippen molar-refractivity contribution in [2.75, 3.05) is 7.11 Å². The molecule has 5 nitrogen and oxygen atoms in total. The fraction of sp³-hybridized carbons (Fsp3) is 0.176. The molecule has 7 rings (SSSR count). The number of para-hydroxylation sites is 1. The largest absolute Gasteiger partial charge is 0.497 e. The molecule has 6 heteroatoms. The molecule has 0 N–H and O–H groups in total. The second kappa shape index (κ2) is 9.65. The van der Waals surface area contributed by atoms with Gasteiger partial charge in [-0.3, -0.25) is 9.36 Å². The Balaban J connectivity index is 1.45. The minimum Gasteiger partial charge on any atom is -0.497 e. The lowest BCUT2D eigenvalue weighted by atomic mass is 9.83. The molecule has 2 aliphatic rings. The predicted molar refractivity (Wildman–Crippen MR) is 161 cm³/mol. The number of benzene rings is 3. The van der Waals surface area contributed by atoms with Gasteiger partial charge in [0.2, 0.25) is 0 Å². The number of nitrogens with zero attached hydrogens (tertiary/aromatic N) is 3. The van der Waals surface area contributed by atoms with Gasteiger partial charge < -0.3 is 9.30 Å². The van der Waals surface area contributed by atoms with E-state index in [1.807, 2.05) is 47.0 Å².